The minimum absolute atomic E-state index is 0.129. The van der Waals surface area contributed by atoms with Gasteiger partial charge in [0.05, 0.1) is 28.6 Å². The SMILES string of the molecule is C=CC(=O)N1CCN(c2nc(=O)n(-c3c(C)ccnc3C3CC3)c3nc(-c4c(F)ccc5ccoc45)c(F)cc23)[C@@H](C)C1. The molecule has 2 aliphatic rings. The van der Waals surface area contributed by atoms with E-state index in [1.807, 2.05) is 18.7 Å². The molecule has 0 unspecified atom stereocenters. The van der Waals surface area contributed by atoms with Crippen molar-refractivity contribution in [3.05, 3.63) is 88.8 Å². The van der Waals surface area contributed by atoms with Crippen molar-refractivity contribution in [2.45, 2.75) is 38.6 Å². The van der Waals surface area contributed by atoms with Gasteiger partial charge in [-0.1, -0.05) is 6.58 Å². The van der Waals surface area contributed by atoms with Gasteiger partial charge in [0, 0.05) is 43.2 Å². The minimum atomic E-state index is -0.790. The maximum absolute atomic E-state index is 16.1. The molecule has 1 aromatic carbocycles. The zero-order valence-electron chi connectivity index (χ0n) is 23.7. The lowest BCUT2D eigenvalue weighted by molar-refractivity contribution is -0.126. The molecule has 9 nitrogen and oxygen atoms in total. The molecule has 43 heavy (non-hydrogen) atoms. The van der Waals surface area contributed by atoms with E-state index in [-0.39, 0.29) is 51.6 Å². The number of carbonyl (C=O) groups is 1. The van der Waals surface area contributed by atoms with E-state index in [2.05, 4.69) is 21.5 Å². The van der Waals surface area contributed by atoms with Crippen LogP contribution in [0.1, 0.15) is 36.9 Å². The molecule has 218 valence electrons. The second-order valence-corrected chi connectivity index (χ2v) is 11.2. The summed E-state index contributed by atoms with van der Waals surface area (Å²) >= 11 is 0. The fraction of sp³-hybridized carbons (Fsp3) is 0.281. The van der Waals surface area contributed by atoms with E-state index < -0.39 is 17.3 Å². The number of rotatable bonds is 5. The number of aromatic nitrogens is 4. The molecule has 0 N–H and O–H groups in total. The number of aryl methyl sites for hydroxylation is 1. The van der Waals surface area contributed by atoms with Crippen molar-refractivity contribution >= 4 is 33.7 Å². The number of pyridine rings is 2. The van der Waals surface area contributed by atoms with E-state index in [0.717, 1.165) is 24.1 Å². The minimum Gasteiger partial charge on any atom is -0.464 e. The van der Waals surface area contributed by atoms with Crippen LogP contribution in [-0.4, -0.2) is 56.0 Å². The van der Waals surface area contributed by atoms with Gasteiger partial charge in [-0.2, -0.15) is 4.98 Å². The summed E-state index contributed by atoms with van der Waals surface area (Å²) in [7, 11) is 0. The molecule has 1 amide bonds. The molecule has 1 saturated carbocycles. The molecule has 5 aromatic rings. The summed E-state index contributed by atoms with van der Waals surface area (Å²) in [5.41, 5.74) is 1.34. The second-order valence-electron chi connectivity index (χ2n) is 11.2. The van der Waals surface area contributed by atoms with Crippen LogP contribution in [-0.2, 0) is 4.79 Å². The highest BCUT2D eigenvalue weighted by Crippen LogP contribution is 2.43. The molecule has 0 spiro atoms. The first-order valence-electron chi connectivity index (χ1n) is 14.2. The zero-order chi connectivity index (χ0) is 30.0. The number of piperazine rings is 1. The van der Waals surface area contributed by atoms with Crippen LogP contribution in [0.5, 0.6) is 0 Å². The number of furan rings is 1. The van der Waals surface area contributed by atoms with Crippen LogP contribution in [0.15, 0.2) is 64.7 Å². The van der Waals surface area contributed by atoms with Crippen molar-refractivity contribution in [3.8, 4) is 16.9 Å². The van der Waals surface area contributed by atoms with Crippen LogP contribution in [0.4, 0.5) is 14.6 Å². The summed E-state index contributed by atoms with van der Waals surface area (Å²) < 4.78 is 38.4. The first-order chi connectivity index (χ1) is 20.8. The standard InChI is InChI=1S/C32H28F2N6O3/c1-4-24(41)38-12-13-39(18(3)16-38)30-21-15-23(34)27(25-22(33)8-7-20-10-14-43-29(20)25)36-31(21)40(32(42)37-30)28-17(2)9-11-35-26(28)19-5-6-19/h4,7-11,14-15,18-19H,1,5-6,12-13,16H2,2-3H3/t18-/m0/s1. The van der Waals surface area contributed by atoms with E-state index in [1.165, 1.54) is 29.0 Å². The lowest BCUT2D eigenvalue weighted by Gasteiger charge is -2.40. The Labute approximate surface area is 245 Å². The highest BCUT2D eigenvalue weighted by Gasteiger charge is 2.33. The summed E-state index contributed by atoms with van der Waals surface area (Å²) in [5, 5.41) is 0.874. The van der Waals surface area contributed by atoms with Crippen LogP contribution in [0.3, 0.4) is 0 Å². The van der Waals surface area contributed by atoms with E-state index in [1.54, 1.807) is 29.3 Å². The van der Waals surface area contributed by atoms with E-state index in [4.69, 9.17) is 4.42 Å². The third-order valence-corrected chi connectivity index (χ3v) is 8.34. The molecule has 1 aliphatic carbocycles. The Kier molecular flexibility index (Phi) is 6.33. The van der Waals surface area contributed by atoms with Gasteiger partial charge >= 0.3 is 5.69 Å². The largest absolute Gasteiger partial charge is 0.464 e. The van der Waals surface area contributed by atoms with Crippen molar-refractivity contribution < 1.29 is 18.0 Å². The maximum Gasteiger partial charge on any atom is 0.355 e. The second kappa shape index (κ2) is 10.1. The average molecular weight is 583 g/mol. The molecule has 1 aliphatic heterocycles. The number of halogens is 2. The number of fused-ring (bicyclic) bond motifs is 2. The van der Waals surface area contributed by atoms with Gasteiger partial charge in [-0.15, -0.1) is 0 Å². The highest BCUT2D eigenvalue weighted by molar-refractivity contribution is 5.95. The average Bonchev–Trinajstić information content (AvgIpc) is 3.73. The number of benzene rings is 1. The number of hydrogen-bond acceptors (Lipinski definition) is 7. The maximum atomic E-state index is 16.1. The quantitative estimate of drug-likeness (QED) is 0.260. The van der Waals surface area contributed by atoms with Crippen LogP contribution >= 0.6 is 0 Å². The van der Waals surface area contributed by atoms with Gasteiger partial charge < -0.3 is 14.2 Å². The van der Waals surface area contributed by atoms with Gasteiger partial charge in [0.2, 0.25) is 5.91 Å². The summed E-state index contributed by atoms with van der Waals surface area (Å²) in [6, 6.07) is 7.27. The third kappa shape index (κ3) is 4.38. The zero-order valence-corrected chi connectivity index (χ0v) is 23.7. The van der Waals surface area contributed by atoms with Gasteiger partial charge in [-0.05, 0) is 68.7 Å². The van der Waals surface area contributed by atoms with E-state index in [0.29, 0.717) is 30.7 Å². The van der Waals surface area contributed by atoms with Gasteiger partial charge in [0.15, 0.2) is 11.5 Å². The monoisotopic (exact) mass is 582 g/mol. The summed E-state index contributed by atoms with van der Waals surface area (Å²) in [6.45, 7) is 8.45. The molecule has 0 radical (unpaired) electrons. The topological polar surface area (TPSA) is 97.4 Å². The molecule has 11 heteroatoms. The number of anilines is 1. The molecule has 4 aromatic heterocycles. The summed E-state index contributed by atoms with van der Waals surface area (Å²) in [5.74, 6) is -1.25. The third-order valence-electron chi connectivity index (χ3n) is 8.34. The Morgan fingerprint density at radius 1 is 1.12 bits per heavy atom. The number of amides is 1. The lowest BCUT2D eigenvalue weighted by Crippen LogP contribution is -2.54. The predicted octanol–water partition coefficient (Wildman–Crippen LogP) is 5.28. The van der Waals surface area contributed by atoms with Gasteiger partial charge in [0.1, 0.15) is 22.9 Å². The van der Waals surface area contributed by atoms with E-state index >= 15 is 8.78 Å². The van der Waals surface area contributed by atoms with Crippen LogP contribution in [0.2, 0.25) is 0 Å². The van der Waals surface area contributed by atoms with Gasteiger partial charge in [-0.25, -0.2) is 23.1 Å². The molecule has 0 bridgehead atoms. The summed E-state index contributed by atoms with van der Waals surface area (Å²) in [4.78, 5) is 43.7. The molecule has 5 heterocycles. The molecule has 1 atom stereocenters. The number of carbonyl (C=O) groups excluding carboxylic acids is 1. The first kappa shape index (κ1) is 26.9. The number of hydrogen-bond donors (Lipinski definition) is 0. The van der Waals surface area contributed by atoms with Gasteiger partial charge in [-0.3, -0.25) is 9.78 Å². The molecular weight excluding hydrogens is 554 g/mol. The molecule has 7 rings (SSSR count). The highest BCUT2D eigenvalue weighted by atomic mass is 19.1. The predicted molar refractivity (Wildman–Crippen MR) is 158 cm³/mol. The van der Waals surface area contributed by atoms with E-state index in [9.17, 15) is 9.59 Å². The molecule has 1 saturated heterocycles. The first-order valence-corrected chi connectivity index (χ1v) is 14.2. The Bertz CT molecular complexity index is 2010. The molecular formula is C32H28F2N6O3. The van der Waals surface area contributed by atoms with Crippen molar-refractivity contribution in [3.63, 3.8) is 0 Å². The number of nitrogens with zero attached hydrogens (tertiary/aromatic N) is 6. The van der Waals surface area contributed by atoms with Crippen molar-refractivity contribution in [2.24, 2.45) is 0 Å². The van der Waals surface area contributed by atoms with Crippen molar-refractivity contribution in [1.29, 1.82) is 0 Å². The van der Waals surface area contributed by atoms with Crippen LogP contribution in [0.25, 0.3) is 38.9 Å². The normalized spacial score (nSPS) is 17.2. The van der Waals surface area contributed by atoms with Crippen LogP contribution in [0, 0.1) is 18.6 Å². The Balaban J connectivity index is 1.51. The smallest absolute Gasteiger partial charge is 0.355 e. The fourth-order valence-corrected chi connectivity index (χ4v) is 6.05. The lowest BCUT2D eigenvalue weighted by atomic mass is 10.1. The fourth-order valence-electron chi connectivity index (χ4n) is 6.05. The van der Waals surface area contributed by atoms with Crippen LogP contribution < -0.4 is 10.6 Å². The van der Waals surface area contributed by atoms with Gasteiger partial charge in [0.25, 0.3) is 0 Å². The molecule has 2 fully saturated rings. The Hall–Kier alpha value is -4.93. The Morgan fingerprint density at radius 2 is 1.93 bits per heavy atom. The summed E-state index contributed by atoms with van der Waals surface area (Å²) in [6.07, 6.45) is 6.25. The van der Waals surface area contributed by atoms with Crippen molar-refractivity contribution in [2.75, 3.05) is 24.5 Å². The Morgan fingerprint density at radius 3 is 2.67 bits per heavy atom. The van der Waals surface area contributed by atoms with Crippen molar-refractivity contribution in [1.82, 2.24) is 24.4 Å².